The normalized spacial score (nSPS) is 25.8. The Labute approximate surface area is 79.0 Å². The number of rotatable bonds is 1. The van der Waals surface area contributed by atoms with E-state index in [1.165, 1.54) is 6.42 Å². The first kappa shape index (κ1) is 9.00. The molecule has 74 valence electrons. The Morgan fingerprint density at radius 3 is 2.85 bits per heavy atom. The predicted molar refractivity (Wildman–Crippen MR) is 49.4 cm³/mol. The van der Waals surface area contributed by atoms with Gasteiger partial charge < -0.3 is 9.64 Å². The first-order valence-corrected chi connectivity index (χ1v) is 5.17. The topological polar surface area (TPSA) is 29.5 Å². The molecule has 2 fully saturated rings. The van der Waals surface area contributed by atoms with Crippen molar-refractivity contribution in [2.75, 3.05) is 19.8 Å². The van der Waals surface area contributed by atoms with E-state index in [1.54, 1.807) is 0 Å². The minimum Gasteiger partial charge on any atom is -0.377 e. The molecule has 3 heteroatoms. The van der Waals surface area contributed by atoms with Crippen LogP contribution in [0, 0.1) is 0 Å². The van der Waals surface area contributed by atoms with E-state index in [0.717, 1.165) is 26.0 Å². The molecule has 0 aromatic rings. The van der Waals surface area contributed by atoms with Crippen molar-refractivity contribution >= 4 is 5.91 Å². The minimum atomic E-state index is 0.103. The molecule has 0 unspecified atom stereocenters. The Morgan fingerprint density at radius 1 is 1.54 bits per heavy atom. The van der Waals surface area contributed by atoms with Gasteiger partial charge in [-0.1, -0.05) is 6.92 Å². The van der Waals surface area contributed by atoms with E-state index in [2.05, 4.69) is 4.90 Å². The van der Waals surface area contributed by atoms with Crippen molar-refractivity contribution in [1.82, 2.24) is 4.90 Å². The summed E-state index contributed by atoms with van der Waals surface area (Å²) in [5, 5.41) is 0. The van der Waals surface area contributed by atoms with Gasteiger partial charge in [-0.25, -0.2) is 0 Å². The van der Waals surface area contributed by atoms with Crippen LogP contribution in [-0.4, -0.2) is 36.1 Å². The summed E-state index contributed by atoms with van der Waals surface area (Å²) in [5.41, 5.74) is 0.103. The number of amides is 1. The standard InChI is InChI=1S/C10H17NO2/c1-2-9(12)11-6-7-13-8-10(11)4-3-5-10/h2-8H2,1H3. The van der Waals surface area contributed by atoms with Crippen molar-refractivity contribution in [1.29, 1.82) is 0 Å². The zero-order chi connectivity index (χ0) is 9.31. The van der Waals surface area contributed by atoms with Gasteiger partial charge in [-0.05, 0) is 19.3 Å². The molecule has 1 saturated heterocycles. The summed E-state index contributed by atoms with van der Waals surface area (Å²) in [6.45, 7) is 4.21. The van der Waals surface area contributed by atoms with Crippen LogP contribution >= 0.6 is 0 Å². The van der Waals surface area contributed by atoms with Crippen molar-refractivity contribution in [3.8, 4) is 0 Å². The minimum absolute atomic E-state index is 0.103. The molecule has 1 aliphatic carbocycles. The Balaban J connectivity index is 2.09. The van der Waals surface area contributed by atoms with E-state index in [-0.39, 0.29) is 5.54 Å². The van der Waals surface area contributed by atoms with Crippen molar-refractivity contribution in [3.63, 3.8) is 0 Å². The number of ether oxygens (including phenoxy) is 1. The Hall–Kier alpha value is -0.570. The molecule has 1 saturated carbocycles. The third-order valence-corrected chi connectivity index (χ3v) is 3.29. The SMILES string of the molecule is CCC(=O)N1CCOCC12CCC2. The Bertz CT molecular complexity index is 211. The van der Waals surface area contributed by atoms with Crippen molar-refractivity contribution < 1.29 is 9.53 Å². The van der Waals surface area contributed by atoms with Gasteiger partial charge in [0.25, 0.3) is 0 Å². The van der Waals surface area contributed by atoms with Crippen LogP contribution in [0.4, 0.5) is 0 Å². The van der Waals surface area contributed by atoms with Gasteiger partial charge in [0.2, 0.25) is 5.91 Å². The average Bonchev–Trinajstić information content (AvgIpc) is 2.14. The van der Waals surface area contributed by atoms with Crippen LogP contribution in [0.1, 0.15) is 32.6 Å². The molecule has 0 aromatic heterocycles. The third-order valence-electron chi connectivity index (χ3n) is 3.29. The molecule has 0 radical (unpaired) electrons. The van der Waals surface area contributed by atoms with E-state index >= 15 is 0 Å². The number of morpholine rings is 1. The van der Waals surface area contributed by atoms with Crippen molar-refractivity contribution in [2.45, 2.75) is 38.1 Å². The van der Waals surface area contributed by atoms with Crippen LogP contribution in [0.5, 0.6) is 0 Å². The van der Waals surface area contributed by atoms with Gasteiger partial charge in [0.1, 0.15) is 0 Å². The highest BCUT2D eigenvalue weighted by molar-refractivity contribution is 5.77. The first-order chi connectivity index (χ1) is 6.28. The number of hydrogen-bond donors (Lipinski definition) is 0. The van der Waals surface area contributed by atoms with Crippen LogP contribution in [0.25, 0.3) is 0 Å². The molecule has 1 amide bonds. The lowest BCUT2D eigenvalue weighted by Crippen LogP contribution is -2.62. The van der Waals surface area contributed by atoms with Gasteiger partial charge in [-0.15, -0.1) is 0 Å². The van der Waals surface area contributed by atoms with Gasteiger partial charge in [0.05, 0.1) is 18.8 Å². The molecular formula is C10H17NO2. The van der Waals surface area contributed by atoms with Gasteiger partial charge >= 0.3 is 0 Å². The second-order valence-electron chi connectivity index (χ2n) is 4.03. The Morgan fingerprint density at radius 2 is 2.31 bits per heavy atom. The molecule has 0 aromatic carbocycles. The highest BCUT2D eigenvalue weighted by atomic mass is 16.5. The number of hydrogen-bond acceptors (Lipinski definition) is 2. The van der Waals surface area contributed by atoms with Gasteiger partial charge in [-0.2, -0.15) is 0 Å². The smallest absolute Gasteiger partial charge is 0.222 e. The third kappa shape index (κ3) is 1.35. The fourth-order valence-corrected chi connectivity index (χ4v) is 2.31. The van der Waals surface area contributed by atoms with Gasteiger partial charge in [-0.3, -0.25) is 4.79 Å². The molecule has 3 nitrogen and oxygen atoms in total. The molecule has 2 rings (SSSR count). The highest BCUT2D eigenvalue weighted by Gasteiger charge is 2.46. The van der Waals surface area contributed by atoms with Gasteiger partial charge in [0, 0.05) is 13.0 Å². The number of nitrogens with zero attached hydrogens (tertiary/aromatic N) is 1. The lowest BCUT2D eigenvalue weighted by Gasteiger charge is -2.52. The van der Waals surface area contributed by atoms with Crippen molar-refractivity contribution in [2.24, 2.45) is 0 Å². The van der Waals surface area contributed by atoms with Gasteiger partial charge in [0.15, 0.2) is 0 Å². The molecular weight excluding hydrogens is 166 g/mol. The summed E-state index contributed by atoms with van der Waals surface area (Å²) in [5.74, 6) is 0.294. The summed E-state index contributed by atoms with van der Waals surface area (Å²) < 4.78 is 5.46. The predicted octanol–water partition coefficient (Wildman–Crippen LogP) is 1.18. The highest BCUT2D eigenvalue weighted by Crippen LogP contribution is 2.39. The molecule has 0 bridgehead atoms. The Kier molecular flexibility index (Phi) is 2.28. The fourth-order valence-electron chi connectivity index (χ4n) is 2.31. The molecule has 0 N–H and O–H groups in total. The van der Waals surface area contributed by atoms with E-state index in [9.17, 15) is 4.79 Å². The summed E-state index contributed by atoms with van der Waals surface area (Å²) in [6.07, 6.45) is 4.15. The second-order valence-corrected chi connectivity index (χ2v) is 4.03. The quantitative estimate of drug-likeness (QED) is 0.611. The summed E-state index contributed by atoms with van der Waals surface area (Å²) in [7, 11) is 0. The summed E-state index contributed by atoms with van der Waals surface area (Å²) in [4.78, 5) is 13.7. The van der Waals surface area contributed by atoms with Crippen LogP contribution < -0.4 is 0 Å². The number of carbonyl (C=O) groups is 1. The van der Waals surface area contributed by atoms with Crippen LogP contribution in [-0.2, 0) is 9.53 Å². The van der Waals surface area contributed by atoms with E-state index < -0.39 is 0 Å². The lowest BCUT2D eigenvalue weighted by atomic mass is 9.75. The maximum absolute atomic E-state index is 11.6. The number of carbonyl (C=O) groups excluding carboxylic acids is 1. The zero-order valence-electron chi connectivity index (χ0n) is 8.21. The van der Waals surface area contributed by atoms with E-state index in [4.69, 9.17) is 4.74 Å². The van der Waals surface area contributed by atoms with Crippen LogP contribution in [0.3, 0.4) is 0 Å². The lowest BCUT2D eigenvalue weighted by molar-refractivity contribution is -0.158. The molecule has 0 atom stereocenters. The molecule has 13 heavy (non-hydrogen) atoms. The second kappa shape index (κ2) is 3.29. The van der Waals surface area contributed by atoms with Crippen LogP contribution in [0.15, 0.2) is 0 Å². The zero-order valence-corrected chi connectivity index (χ0v) is 8.21. The maximum Gasteiger partial charge on any atom is 0.222 e. The average molecular weight is 183 g/mol. The molecule has 2 aliphatic rings. The van der Waals surface area contributed by atoms with Crippen LogP contribution in [0.2, 0.25) is 0 Å². The fraction of sp³-hybridized carbons (Fsp3) is 0.900. The van der Waals surface area contributed by atoms with Crippen molar-refractivity contribution in [3.05, 3.63) is 0 Å². The molecule has 1 aliphatic heterocycles. The first-order valence-electron chi connectivity index (χ1n) is 5.17. The maximum atomic E-state index is 11.6. The van der Waals surface area contributed by atoms with E-state index in [1.807, 2.05) is 6.92 Å². The summed E-state index contributed by atoms with van der Waals surface area (Å²) >= 11 is 0. The monoisotopic (exact) mass is 183 g/mol. The molecule has 1 spiro atoms. The van der Waals surface area contributed by atoms with E-state index in [0.29, 0.717) is 18.9 Å². The largest absolute Gasteiger partial charge is 0.377 e. The summed E-state index contributed by atoms with van der Waals surface area (Å²) in [6, 6.07) is 0. The molecule has 1 heterocycles.